The Bertz CT molecular complexity index is 1010. The Labute approximate surface area is 206 Å². The first-order chi connectivity index (χ1) is 17.0. The predicted octanol–water partition coefficient (Wildman–Crippen LogP) is 3.09. The van der Waals surface area contributed by atoms with Crippen LogP contribution < -0.4 is 15.0 Å². The molecule has 1 fully saturated rings. The third-order valence-electron chi connectivity index (χ3n) is 6.64. The molecule has 1 aromatic heterocycles. The number of ether oxygens (including phenoxy) is 1. The molecule has 0 atom stereocenters. The van der Waals surface area contributed by atoms with E-state index in [4.69, 9.17) is 4.74 Å². The molecular weight excluding hydrogens is 446 g/mol. The van der Waals surface area contributed by atoms with Gasteiger partial charge in [0.25, 0.3) is 0 Å². The van der Waals surface area contributed by atoms with Crippen LogP contribution in [0.2, 0.25) is 0 Å². The molecular formula is C26H35N5O4. The minimum atomic E-state index is -0.990. The summed E-state index contributed by atoms with van der Waals surface area (Å²) >= 11 is 0. The van der Waals surface area contributed by atoms with Crippen molar-refractivity contribution >= 4 is 17.8 Å². The summed E-state index contributed by atoms with van der Waals surface area (Å²) in [7, 11) is 0. The van der Waals surface area contributed by atoms with Gasteiger partial charge in [0, 0.05) is 56.2 Å². The molecule has 0 unspecified atom stereocenters. The van der Waals surface area contributed by atoms with E-state index in [1.807, 2.05) is 17.3 Å². The normalized spacial score (nSPS) is 18.9. The second kappa shape index (κ2) is 12.0. The maximum absolute atomic E-state index is 12.6. The van der Waals surface area contributed by atoms with Crippen LogP contribution in [0, 0.1) is 5.92 Å². The smallest absolute Gasteiger partial charge is 0.335 e. The Morgan fingerprint density at radius 3 is 2.66 bits per heavy atom. The maximum atomic E-state index is 12.6. The average molecular weight is 482 g/mol. The van der Waals surface area contributed by atoms with Gasteiger partial charge >= 0.3 is 5.97 Å². The predicted molar refractivity (Wildman–Crippen MR) is 133 cm³/mol. The van der Waals surface area contributed by atoms with Gasteiger partial charge in [0.15, 0.2) is 0 Å². The van der Waals surface area contributed by atoms with Crippen molar-refractivity contribution < 1.29 is 19.4 Å². The summed E-state index contributed by atoms with van der Waals surface area (Å²) < 4.78 is 5.98. The van der Waals surface area contributed by atoms with Gasteiger partial charge in [-0.25, -0.2) is 14.8 Å². The molecule has 9 heteroatoms. The summed E-state index contributed by atoms with van der Waals surface area (Å²) in [6.45, 7) is 6.51. The van der Waals surface area contributed by atoms with Crippen LogP contribution in [0.5, 0.6) is 5.75 Å². The number of aromatic nitrogens is 2. The summed E-state index contributed by atoms with van der Waals surface area (Å²) in [4.78, 5) is 37.5. The van der Waals surface area contributed by atoms with Crippen LogP contribution in [-0.2, 0) is 17.9 Å². The van der Waals surface area contributed by atoms with Gasteiger partial charge in [-0.1, -0.05) is 13.0 Å². The quantitative estimate of drug-likeness (QED) is 0.686. The number of nitrogens with one attached hydrogen (secondary N) is 1. The molecule has 0 aliphatic carbocycles. The van der Waals surface area contributed by atoms with Gasteiger partial charge in [-0.15, -0.1) is 0 Å². The largest absolute Gasteiger partial charge is 0.493 e. The van der Waals surface area contributed by atoms with E-state index in [1.165, 1.54) is 0 Å². The number of carbonyl (C=O) groups is 2. The third kappa shape index (κ3) is 7.14. The van der Waals surface area contributed by atoms with Gasteiger partial charge in [-0.2, -0.15) is 0 Å². The molecule has 4 rings (SSSR count). The molecule has 3 heterocycles. The summed E-state index contributed by atoms with van der Waals surface area (Å²) in [5.74, 6) is 1.03. The number of carbonyl (C=O) groups excluding carboxylic acids is 1. The summed E-state index contributed by atoms with van der Waals surface area (Å²) in [5, 5.41) is 12.4. The zero-order chi connectivity index (χ0) is 24.6. The molecule has 0 radical (unpaired) electrons. The van der Waals surface area contributed by atoms with Crippen molar-refractivity contribution in [2.75, 3.05) is 37.7 Å². The number of benzene rings is 1. The van der Waals surface area contributed by atoms with Crippen LogP contribution in [0.15, 0.2) is 30.6 Å². The number of rotatable bonds is 4. The fraction of sp³-hybridized carbons (Fsp3) is 0.538. The summed E-state index contributed by atoms with van der Waals surface area (Å²) in [6.07, 6.45) is 8.63. The fourth-order valence-electron chi connectivity index (χ4n) is 4.49. The van der Waals surface area contributed by atoms with Gasteiger partial charge in [-0.05, 0) is 50.2 Å². The SMILES string of the molecule is CC1CCN(c2ncc(CN3CC(=O)NCCCCCOc4cc(C(=O)O)ccc4C3)cn2)CC1. The number of fused-ring (bicyclic) bond motifs is 1. The molecule has 0 saturated carbocycles. The summed E-state index contributed by atoms with van der Waals surface area (Å²) in [5.41, 5.74) is 1.95. The first-order valence-corrected chi connectivity index (χ1v) is 12.5. The highest BCUT2D eigenvalue weighted by atomic mass is 16.5. The lowest BCUT2D eigenvalue weighted by atomic mass is 10.00. The molecule has 35 heavy (non-hydrogen) atoms. The number of carboxylic acids is 1. The van der Waals surface area contributed by atoms with Crippen molar-refractivity contribution in [1.82, 2.24) is 20.2 Å². The number of amides is 1. The van der Waals surface area contributed by atoms with E-state index in [-0.39, 0.29) is 18.0 Å². The lowest BCUT2D eigenvalue weighted by Gasteiger charge is -2.30. The van der Waals surface area contributed by atoms with Crippen molar-refractivity contribution in [3.05, 3.63) is 47.3 Å². The number of hydrogen-bond acceptors (Lipinski definition) is 7. The van der Waals surface area contributed by atoms with E-state index < -0.39 is 5.97 Å². The maximum Gasteiger partial charge on any atom is 0.335 e. The molecule has 0 bridgehead atoms. The van der Waals surface area contributed by atoms with Crippen LogP contribution >= 0.6 is 0 Å². The third-order valence-corrected chi connectivity index (χ3v) is 6.64. The Morgan fingerprint density at radius 1 is 1.14 bits per heavy atom. The molecule has 9 nitrogen and oxygen atoms in total. The van der Waals surface area contributed by atoms with Gasteiger partial charge in [0.05, 0.1) is 18.7 Å². The molecule has 2 N–H and O–H groups in total. The minimum Gasteiger partial charge on any atom is -0.493 e. The van der Waals surface area contributed by atoms with Crippen molar-refractivity contribution in [2.45, 2.75) is 52.1 Å². The minimum absolute atomic E-state index is 0.0335. The zero-order valence-electron chi connectivity index (χ0n) is 20.4. The number of carboxylic acid groups (broad SMARTS) is 1. The monoisotopic (exact) mass is 481 g/mol. The topological polar surface area (TPSA) is 108 Å². The Morgan fingerprint density at radius 2 is 1.91 bits per heavy atom. The fourth-order valence-corrected chi connectivity index (χ4v) is 4.49. The highest BCUT2D eigenvalue weighted by Crippen LogP contribution is 2.24. The molecule has 1 saturated heterocycles. The van der Waals surface area contributed by atoms with Crippen molar-refractivity contribution in [3.8, 4) is 5.75 Å². The van der Waals surface area contributed by atoms with E-state index >= 15 is 0 Å². The highest BCUT2D eigenvalue weighted by molar-refractivity contribution is 5.88. The number of hydrogen-bond donors (Lipinski definition) is 2. The average Bonchev–Trinajstić information content (AvgIpc) is 2.86. The van der Waals surface area contributed by atoms with Crippen LogP contribution in [0.3, 0.4) is 0 Å². The van der Waals surface area contributed by atoms with E-state index in [1.54, 1.807) is 18.2 Å². The molecule has 2 aromatic rings. The Kier molecular flexibility index (Phi) is 8.52. The van der Waals surface area contributed by atoms with Crippen molar-refractivity contribution in [3.63, 3.8) is 0 Å². The standard InChI is InChI=1S/C26H35N5O4/c1-19-7-10-31(11-8-19)26-28-14-20(15-29-26)16-30-17-22-6-5-21(25(33)34)13-23(22)35-12-4-2-3-9-27-24(32)18-30/h5-6,13-15,19H,2-4,7-12,16-18H2,1H3,(H,27,32)(H,33,34). The number of piperidine rings is 1. The van der Waals surface area contributed by atoms with Gasteiger partial charge in [0.2, 0.25) is 11.9 Å². The first-order valence-electron chi connectivity index (χ1n) is 12.5. The number of nitrogens with zero attached hydrogens (tertiary/aromatic N) is 4. The van der Waals surface area contributed by atoms with Gasteiger partial charge < -0.3 is 20.1 Å². The van der Waals surface area contributed by atoms with Crippen LogP contribution in [0.25, 0.3) is 0 Å². The van der Waals surface area contributed by atoms with E-state index in [2.05, 4.69) is 27.1 Å². The first kappa shape index (κ1) is 24.9. The molecule has 2 aliphatic rings. The molecule has 2 aliphatic heterocycles. The molecule has 1 amide bonds. The van der Waals surface area contributed by atoms with Crippen LogP contribution in [0.4, 0.5) is 5.95 Å². The van der Waals surface area contributed by atoms with E-state index in [0.29, 0.717) is 32.0 Å². The Hall–Kier alpha value is -3.20. The van der Waals surface area contributed by atoms with Crippen LogP contribution in [0.1, 0.15) is 60.5 Å². The second-order valence-corrected chi connectivity index (χ2v) is 9.59. The zero-order valence-corrected chi connectivity index (χ0v) is 20.4. The van der Waals surface area contributed by atoms with Gasteiger partial charge in [-0.3, -0.25) is 9.69 Å². The number of anilines is 1. The van der Waals surface area contributed by atoms with Crippen molar-refractivity contribution in [2.24, 2.45) is 5.92 Å². The summed E-state index contributed by atoms with van der Waals surface area (Å²) in [6, 6.07) is 4.94. The van der Waals surface area contributed by atoms with Crippen molar-refractivity contribution in [1.29, 1.82) is 0 Å². The molecule has 0 spiro atoms. The molecule has 188 valence electrons. The number of aromatic carboxylic acids is 1. The Balaban J connectivity index is 1.51. The van der Waals surface area contributed by atoms with E-state index in [9.17, 15) is 14.7 Å². The lowest BCUT2D eigenvalue weighted by molar-refractivity contribution is -0.122. The molecule has 1 aromatic carbocycles. The highest BCUT2D eigenvalue weighted by Gasteiger charge is 2.20. The van der Waals surface area contributed by atoms with E-state index in [0.717, 1.165) is 68.2 Å². The second-order valence-electron chi connectivity index (χ2n) is 9.59. The lowest BCUT2D eigenvalue weighted by Crippen LogP contribution is -2.37. The van der Waals surface area contributed by atoms with Gasteiger partial charge in [0.1, 0.15) is 5.75 Å². The van der Waals surface area contributed by atoms with Crippen LogP contribution in [-0.4, -0.2) is 64.6 Å².